The first kappa shape index (κ1) is 14.9. The molecule has 0 radical (unpaired) electrons. The second-order valence-corrected chi connectivity index (χ2v) is 6.06. The van der Waals surface area contributed by atoms with Crippen LogP contribution in [0.25, 0.3) is 0 Å². The third-order valence-electron chi connectivity index (χ3n) is 4.33. The molecule has 1 nitrogen and oxygen atoms in total. The Morgan fingerprint density at radius 2 is 1.79 bits per heavy atom. The van der Waals surface area contributed by atoms with E-state index < -0.39 is 0 Å². The molecule has 1 saturated carbocycles. The van der Waals surface area contributed by atoms with Crippen LogP contribution >= 0.6 is 11.6 Å². The van der Waals surface area contributed by atoms with Crippen LogP contribution in [0.5, 0.6) is 0 Å². The van der Waals surface area contributed by atoms with E-state index in [4.69, 9.17) is 11.6 Å². The minimum Gasteiger partial charge on any atom is -0.316 e. The molecule has 2 atom stereocenters. The highest BCUT2D eigenvalue weighted by Gasteiger charge is 2.23. The van der Waals surface area contributed by atoms with Crippen LogP contribution in [0.15, 0.2) is 30.3 Å². The molecular formula is C17H26ClN. The summed E-state index contributed by atoms with van der Waals surface area (Å²) in [4.78, 5) is 0. The largest absolute Gasteiger partial charge is 0.316 e. The van der Waals surface area contributed by atoms with Crippen molar-refractivity contribution in [1.29, 1.82) is 0 Å². The van der Waals surface area contributed by atoms with Gasteiger partial charge in [0.05, 0.1) is 0 Å². The van der Waals surface area contributed by atoms with Crippen LogP contribution in [0.1, 0.15) is 37.7 Å². The Morgan fingerprint density at radius 1 is 1.05 bits per heavy atom. The average molecular weight is 280 g/mol. The Bertz CT molecular complexity index is 338. The Morgan fingerprint density at radius 3 is 2.53 bits per heavy atom. The van der Waals surface area contributed by atoms with Crippen molar-refractivity contribution < 1.29 is 0 Å². The van der Waals surface area contributed by atoms with Crippen LogP contribution in [0, 0.1) is 11.8 Å². The molecule has 2 rings (SSSR count). The fourth-order valence-electron chi connectivity index (χ4n) is 3.11. The summed E-state index contributed by atoms with van der Waals surface area (Å²) in [6.45, 7) is 2.28. The van der Waals surface area contributed by atoms with Gasteiger partial charge in [-0.2, -0.15) is 0 Å². The highest BCUT2D eigenvalue weighted by Crippen LogP contribution is 2.30. The van der Waals surface area contributed by atoms with Crippen LogP contribution in [0.3, 0.4) is 0 Å². The number of halogens is 1. The molecule has 19 heavy (non-hydrogen) atoms. The van der Waals surface area contributed by atoms with Crippen LogP contribution < -0.4 is 5.32 Å². The molecule has 1 aromatic rings. The van der Waals surface area contributed by atoms with Gasteiger partial charge >= 0.3 is 0 Å². The van der Waals surface area contributed by atoms with Gasteiger partial charge in [-0.05, 0) is 56.2 Å². The van der Waals surface area contributed by atoms with E-state index in [1.165, 1.54) is 44.1 Å². The summed E-state index contributed by atoms with van der Waals surface area (Å²) in [5.41, 5.74) is 1.45. The van der Waals surface area contributed by atoms with E-state index in [0.717, 1.165) is 30.8 Å². The summed E-state index contributed by atoms with van der Waals surface area (Å²) < 4.78 is 0. The number of nitrogens with one attached hydrogen (secondary N) is 1. The highest BCUT2D eigenvalue weighted by molar-refractivity contribution is 6.18. The van der Waals surface area contributed by atoms with Gasteiger partial charge in [0, 0.05) is 5.88 Å². The molecule has 2 unspecified atom stereocenters. The van der Waals surface area contributed by atoms with E-state index in [0.29, 0.717) is 0 Å². The van der Waals surface area contributed by atoms with Gasteiger partial charge in [-0.3, -0.25) is 0 Å². The third-order valence-corrected chi connectivity index (χ3v) is 4.73. The number of benzene rings is 1. The number of hydrogen-bond donors (Lipinski definition) is 1. The summed E-state index contributed by atoms with van der Waals surface area (Å²) >= 11 is 6.07. The minimum atomic E-state index is 0.747. The Hall–Kier alpha value is -0.530. The molecule has 0 aliphatic heterocycles. The molecule has 106 valence electrons. The van der Waals surface area contributed by atoms with Gasteiger partial charge in [-0.25, -0.2) is 0 Å². The second kappa shape index (κ2) is 8.60. The lowest BCUT2D eigenvalue weighted by Crippen LogP contribution is -2.32. The maximum atomic E-state index is 6.07. The molecule has 0 amide bonds. The van der Waals surface area contributed by atoms with Crippen LogP contribution in [0.2, 0.25) is 0 Å². The van der Waals surface area contributed by atoms with Crippen LogP contribution in [-0.4, -0.2) is 19.0 Å². The van der Waals surface area contributed by atoms with E-state index in [2.05, 4.69) is 35.6 Å². The topological polar surface area (TPSA) is 12.0 Å². The van der Waals surface area contributed by atoms with Crippen LogP contribution in [-0.2, 0) is 6.42 Å². The zero-order valence-electron chi connectivity index (χ0n) is 11.8. The Labute approximate surface area is 122 Å². The van der Waals surface area contributed by atoms with Crippen molar-refractivity contribution in [3.05, 3.63) is 35.9 Å². The fourth-order valence-corrected chi connectivity index (χ4v) is 3.51. The van der Waals surface area contributed by atoms with Crippen molar-refractivity contribution in [2.45, 2.75) is 38.5 Å². The monoisotopic (exact) mass is 279 g/mol. The summed E-state index contributed by atoms with van der Waals surface area (Å²) in [5, 5.41) is 3.63. The molecule has 2 heteroatoms. The number of hydrogen-bond acceptors (Lipinski definition) is 1. The summed E-state index contributed by atoms with van der Waals surface area (Å²) in [7, 11) is 0. The van der Waals surface area contributed by atoms with Crippen molar-refractivity contribution in [2.24, 2.45) is 11.8 Å². The molecular weight excluding hydrogens is 254 g/mol. The predicted octanol–water partition coefficient (Wildman–Crippen LogP) is 4.25. The van der Waals surface area contributed by atoms with Crippen LogP contribution in [0.4, 0.5) is 0 Å². The SMILES string of the molecule is ClCC1CCCCC1CNCCCc1ccccc1. The second-order valence-electron chi connectivity index (χ2n) is 5.75. The van der Waals surface area contributed by atoms with Gasteiger partial charge in [-0.1, -0.05) is 43.2 Å². The third kappa shape index (κ3) is 5.16. The first-order chi connectivity index (χ1) is 9.40. The van der Waals surface area contributed by atoms with Gasteiger partial charge in [0.25, 0.3) is 0 Å². The molecule has 0 aromatic heterocycles. The van der Waals surface area contributed by atoms with E-state index in [9.17, 15) is 0 Å². The van der Waals surface area contributed by atoms with Crippen molar-refractivity contribution in [3.8, 4) is 0 Å². The number of alkyl halides is 1. The van der Waals surface area contributed by atoms with Crippen molar-refractivity contribution in [1.82, 2.24) is 5.32 Å². The lowest BCUT2D eigenvalue weighted by atomic mass is 9.80. The Balaban J connectivity index is 1.58. The molecule has 1 fully saturated rings. The lowest BCUT2D eigenvalue weighted by molar-refractivity contribution is 0.251. The first-order valence-corrected chi connectivity index (χ1v) is 8.24. The first-order valence-electron chi connectivity index (χ1n) is 7.70. The normalized spacial score (nSPS) is 23.4. The fraction of sp³-hybridized carbons (Fsp3) is 0.647. The van der Waals surface area contributed by atoms with Gasteiger partial charge in [0.1, 0.15) is 0 Å². The quantitative estimate of drug-likeness (QED) is 0.581. The molecule has 1 aliphatic carbocycles. The molecule has 0 heterocycles. The average Bonchev–Trinajstić information content (AvgIpc) is 2.48. The standard InChI is InChI=1S/C17H26ClN/c18-13-16-10-4-5-11-17(16)14-19-12-6-9-15-7-2-1-3-8-15/h1-3,7-8,16-17,19H,4-6,9-14H2. The number of aryl methyl sites for hydroxylation is 1. The maximum absolute atomic E-state index is 6.07. The molecule has 1 aromatic carbocycles. The van der Waals surface area contributed by atoms with Gasteiger partial charge in [-0.15, -0.1) is 11.6 Å². The van der Waals surface area contributed by atoms with Crippen molar-refractivity contribution in [3.63, 3.8) is 0 Å². The predicted molar refractivity (Wildman–Crippen MR) is 83.8 cm³/mol. The van der Waals surface area contributed by atoms with E-state index in [1.807, 2.05) is 0 Å². The van der Waals surface area contributed by atoms with E-state index in [-0.39, 0.29) is 0 Å². The number of rotatable bonds is 7. The minimum absolute atomic E-state index is 0.747. The van der Waals surface area contributed by atoms with Crippen molar-refractivity contribution in [2.75, 3.05) is 19.0 Å². The zero-order valence-corrected chi connectivity index (χ0v) is 12.5. The molecule has 0 bridgehead atoms. The summed E-state index contributed by atoms with van der Waals surface area (Å²) in [5.74, 6) is 2.40. The molecule has 1 N–H and O–H groups in total. The summed E-state index contributed by atoms with van der Waals surface area (Å²) in [6.07, 6.45) is 7.87. The van der Waals surface area contributed by atoms with Gasteiger partial charge in [0.2, 0.25) is 0 Å². The smallest absolute Gasteiger partial charge is 0.0254 e. The summed E-state index contributed by atoms with van der Waals surface area (Å²) in [6, 6.07) is 10.7. The molecule has 0 spiro atoms. The molecule has 1 aliphatic rings. The van der Waals surface area contributed by atoms with E-state index in [1.54, 1.807) is 0 Å². The lowest BCUT2D eigenvalue weighted by Gasteiger charge is -2.30. The Kier molecular flexibility index (Phi) is 6.73. The van der Waals surface area contributed by atoms with Gasteiger partial charge in [0.15, 0.2) is 0 Å². The zero-order chi connectivity index (χ0) is 13.3. The van der Waals surface area contributed by atoms with E-state index >= 15 is 0 Å². The molecule has 0 saturated heterocycles. The van der Waals surface area contributed by atoms with Gasteiger partial charge < -0.3 is 5.32 Å². The highest BCUT2D eigenvalue weighted by atomic mass is 35.5. The maximum Gasteiger partial charge on any atom is 0.0254 e. The van der Waals surface area contributed by atoms with Crippen molar-refractivity contribution >= 4 is 11.6 Å².